The first-order chi connectivity index (χ1) is 16.1. The minimum Gasteiger partial charge on any atom is -0.481 e. The summed E-state index contributed by atoms with van der Waals surface area (Å²) in [5.74, 6) is 2.22. The fourth-order valence-electron chi connectivity index (χ4n) is 4.92. The maximum Gasteiger partial charge on any atom is 0.317 e. The summed E-state index contributed by atoms with van der Waals surface area (Å²) in [6.07, 6.45) is 3.49. The van der Waals surface area contributed by atoms with Gasteiger partial charge in [-0.05, 0) is 56.8 Å². The molecular formula is C26H37N5O2. The highest BCUT2D eigenvalue weighted by Crippen LogP contribution is 2.22. The van der Waals surface area contributed by atoms with Gasteiger partial charge in [0.1, 0.15) is 5.82 Å². The van der Waals surface area contributed by atoms with E-state index in [1.807, 2.05) is 23.1 Å². The molecule has 1 aromatic carbocycles. The quantitative estimate of drug-likeness (QED) is 0.697. The molecule has 0 bridgehead atoms. The number of aromatic nitrogens is 1. The van der Waals surface area contributed by atoms with Crippen molar-refractivity contribution in [2.24, 2.45) is 5.92 Å². The Balaban J connectivity index is 1.15. The Kier molecular flexibility index (Phi) is 8.05. The van der Waals surface area contributed by atoms with Gasteiger partial charge in [0.05, 0.1) is 7.11 Å². The zero-order valence-electron chi connectivity index (χ0n) is 19.9. The lowest BCUT2D eigenvalue weighted by Crippen LogP contribution is -2.57. The van der Waals surface area contributed by atoms with E-state index in [1.165, 1.54) is 18.4 Å². The first kappa shape index (κ1) is 23.4. The van der Waals surface area contributed by atoms with Crippen molar-refractivity contribution >= 4 is 11.8 Å². The van der Waals surface area contributed by atoms with Crippen LogP contribution in [-0.2, 0) is 6.54 Å². The number of pyridine rings is 1. The topological polar surface area (TPSA) is 60.9 Å². The maximum atomic E-state index is 12.8. The number of methoxy groups -OCH3 is 1. The van der Waals surface area contributed by atoms with E-state index < -0.39 is 0 Å². The van der Waals surface area contributed by atoms with Gasteiger partial charge in [0.25, 0.3) is 0 Å². The molecule has 1 aromatic heterocycles. The van der Waals surface area contributed by atoms with Crippen molar-refractivity contribution in [1.29, 1.82) is 0 Å². The number of nitrogens with one attached hydrogen (secondary N) is 1. The molecule has 7 nitrogen and oxygen atoms in total. The lowest BCUT2D eigenvalue weighted by Gasteiger charge is -2.40. The maximum absolute atomic E-state index is 12.8. The zero-order chi connectivity index (χ0) is 23.0. The van der Waals surface area contributed by atoms with Gasteiger partial charge in [-0.25, -0.2) is 4.79 Å². The van der Waals surface area contributed by atoms with E-state index in [2.05, 4.69) is 57.4 Å². The number of hydrogen-bond donors (Lipinski definition) is 1. The Hall–Kier alpha value is -2.80. The van der Waals surface area contributed by atoms with Gasteiger partial charge in [0.15, 0.2) is 0 Å². The van der Waals surface area contributed by atoms with Crippen LogP contribution >= 0.6 is 0 Å². The molecule has 7 heteroatoms. The van der Waals surface area contributed by atoms with E-state index in [9.17, 15) is 4.79 Å². The third-order valence-electron chi connectivity index (χ3n) is 6.92. The van der Waals surface area contributed by atoms with Crippen LogP contribution in [-0.4, -0.2) is 73.2 Å². The van der Waals surface area contributed by atoms with Gasteiger partial charge < -0.3 is 19.9 Å². The lowest BCUT2D eigenvalue weighted by molar-refractivity contribution is 0.162. The number of nitrogens with zero attached hydrogens (tertiary/aromatic N) is 4. The average Bonchev–Trinajstić information content (AvgIpc) is 2.85. The summed E-state index contributed by atoms with van der Waals surface area (Å²) >= 11 is 0. The van der Waals surface area contributed by atoms with Crippen LogP contribution in [0.1, 0.15) is 31.7 Å². The number of piperazine rings is 1. The number of benzene rings is 1. The Morgan fingerprint density at radius 1 is 1.06 bits per heavy atom. The van der Waals surface area contributed by atoms with E-state index in [1.54, 1.807) is 7.11 Å². The number of urea groups is 1. The highest BCUT2D eigenvalue weighted by molar-refractivity contribution is 5.75. The second kappa shape index (κ2) is 11.4. The van der Waals surface area contributed by atoms with Gasteiger partial charge in [-0.15, -0.1) is 0 Å². The van der Waals surface area contributed by atoms with E-state index in [0.29, 0.717) is 18.3 Å². The van der Waals surface area contributed by atoms with Crippen LogP contribution < -0.4 is 15.0 Å². The number of carbonyl (C=O) groups excluding carboxylic acids is 1. The molecule has 2 aliphatic rings. The van der Waals surface area contributed by atoms with Crippen molar-refractivity contribution in [3.63, 3.8) is 0 Å². The average molecular weight is 452 g/mol. The normalized spacial score (nSPS) is 20.0. The molecule has 33 heavy (non-hydrogen) atoms. The fourth-order valence-corrected chi connectivity index (χ4v) is 4.92. The van der Waals surface area contributed by atoms with Crippen molar-refractivity contribution in [3.8, 4) is 5.88 Å². The molecule has 178 valence electrons. The Morgan fingerprint density at radius 2 is 1.85 bits per heavy atom. The van der Waals surface area contributed by atoms with Crippen LogP contribution in [0.4, 0.5) is 10.6 Å². The van der Waals surface area contributed by atoms with Gasteiger partial charge in [0.2, 0.25) is 5.88 Å². The molecule has 1 N–H and O–H groups in total. The molecule has 2 amide bonds. The smallest absolute Gasteiger partial charge is 0.317 e. The van der Waals surface area contributed by atoms with E-state index in [0.717, 1.165) is 51.5 Å². The zero-order valence-corrected chi connectivity index (χ0v) is 19.9. The third kappa shape index (κ3) is 6.38. The van der Waals surface area contributed by atoms with E-state index in [-0.39, 0.29) is 12.1 Å². The highest BCUT2D eigenvalue weighted by Gasteiger charge is 2.28. The van der Waals surface area contributed by atoms with Crippen LogP contribution in [0, 0.1) is 5.92 Å². The fraction of sp³-hybridized carbons (Fsp3) is 0.538. The van der Waals surface area contributed by atoms with Gasteiger partial charge in [-0.1, -0.05) is 36.4 Å². The van der Waals surface area contributed by atoms with Crippen molar-refractivity contribution < 1.29 is 9.53 Å². The number of hydrogen-bond acceptors (Lipinski definition) is 5. The van der Waals surface area contributed by atoms with E-state index >= 15 is 0 Å². The van der Waals surface area contributed by atoms with Crippen molar-refractivity contribution in [1.82, 2.24) is 20.1 Å². The number of carbonyl (C=O) groups is 1. The van der Waals surface area contributed by atoms with Crippen LogP contribution in [0.3, 0.4) is 0 Å². The minimum atomic E-state index is 0.0577. The highest BCUT2D eigenvalue weighted by atomic mass is 16.5. The molecule has 2 aromatic rings. The molecule has 4 rings (SSSR count). The van der Waals surface area contributed by atoms with Gasteiger partial charge in [0, 0.05) is 44.8 Å². The number of ether oxygens (including phenoxy) is 1. The summed E-state index contributed by atoms with van der Waals surface area (Å²) < 4.78 is 5.24. The van der Waals surface area contributed by atoms with Crippen LogP contribution in [0.5, 0.6) is 5.88 Å². The largest absolute Gasteiger partial charge is 0.481 e. The standard InChI is InChI=1S/C26H37N5O2/c1-21-19-30(24-9-6-10-25(28-24)33-2)17-18-31(21)26(32)27-14-11-22-12-15-29(16-13-22)20-23-7-4-3-5-8-23/h3-10,21-22H,11-20H2,1-2H3,(H,27,32)/t21-/m1/s1. The summed E-state index contributed by atoms with van der Waals surface area (Å²) in [4.78, 5) is 24.1. The second-order valence-electron chi connectivity index (χ2n) is 9.25. The van der Waals surface area contributed by atoms with Crippen LogP contribution in [0.15, 0.2) is 48.5 Å². The Labute approximate surface area is 197 Å². The summed E-state index contributed by atoms with van der Waals surface area (Å²) in [5, 5.41) is 3.17. The van der Waals surface area contributed by atoms with E-state index in [4.69, 9.17) is 4.74 Å². The first-order valence-corrected chi connectivity index (χ1v) is 12.2. The minimum absolute atomic E-state index is 0.0577. The van der Waals surface area contributed by atoms with Crippen molar-refractivity contribution in [2.75, 3.05) is 51.3 Å². The molecule has 0 radical (unpaired) electrons. The van der Waals surface area contributed by atoms with Gasteiger partial charge >= 0.3 is 6.03 Å². The summed E-state index contributed by atoms with van der Waals surface area (Å²) in [5.41, 5.74) is 1.39. The first-order valence-electron chi connectivity index (χ1n) is 12.2. The Morgan fingerprint density at radius 3 is 2.58 bits per heavy atom. The number of piperidine rings is 1. The van der Waals surface area contributed by atoms with Gasteiger partial charge in [-0.3, -0.25) is 4.90 Å². The molecule has 3 heterocycles. The molecule has 0 spiro atoms. The predicted molar refractivity (Wildman–Crippen MR) is 132 cm³/mol. The Bertz CT molecular complexity index is 885. The number of amides is 2. The molecule has 0 unspecified atom stereocenters. The molecule has 2 fully saturated rings. The predicted octanol–water partition coefficient (Wildman–Crippen LogP) is 3.61. The molecule has 0 aliphatic carbocycles. The van der Waals surface area contributed by atoms with Crippen molar-refractivity contribution in [2.45, 2.75) is 38.8 Å². The number of rotatable bonds is 7. The lowest BCUT2D eigenvalue weighted by atomic mass is 9.93. The van der Waals surface area contributed by atoms with Crippen LogP contribution in [0.25, 0.3) is 0 Å². The molecular weight excluding hydrogens is 414 g/mol. The van der Waals surface area contributed by atoms with Gasteiger partial charge in [-0.2, -0.15) is 4.98 Å². The van der Waals surface area contributed by atoms with Crippen LogP contribution in [0.2, 0.25) is 0 Å². The van der Waals surface area contributed by atoms with Crippen molar-refractivity contribution in [3.05, 3.63) is 54.1 Å². The monoisotopic (exact) mass is 451 g/mol. The number of likely N-dealkylation sites (tertiary alicyclic amines) is 1. The molecule has 2 saturated heterocycles. The summed E-state index contributed by atoms with van der Waals surface area (Å²) in [7, 11) is 1.63. The molecule has 0 saturated carbocycles. The summed E-state index contributed by atoms with van der Waals surface area (Å²) in [6, 6.07) is 16.7. The molecule has 2 aliphatic heterocycles. The SMILES string of the molecule is COc1cccc(N2CCN(C(=O)NCCC3CCN(Cc4ccccc4)CC3)[C@H](C)C2)n1. The molecule has 1 atom stereocenters. The third-order valence-corrected chi connectivity index (χ3v) is 6.92. The second-order valence-corrected chi connectivity index (χ2v) is 9.25. The summed E-state index contributed by atoms with van der Waals surface area (Å²) in [6.45, 7) is 8.44. The number of anilines is 1.